The molecule has 0 bridgehead atoms. The standard InChI is InChI=1S/C17H22ClN3OS/c1-3-11(2)19-16(22)12-6-8-21(9-7-12)17-20-14-10-13(18)4-5-15(14)23-17/h4-5,10-12H,3,6-9H2,1-2H3,(H,19,22). The first-order valence-electron chi connectivity index (χ1n) is 8.18. The van der Waals surface area contributed by atoms with E-state index in [9.17, 15) is 4.79 Å². The van der Waals surface area contributed by atoms with Crippen molar-refractivity contribution in [2.45, 2.75) is 39.2 Å². The van der Waals surface area contributed by atoms with Crippen molar-refractivity contribution in [3.05, 3.63) is 23.2 Å². The summed E-state index contributed by atoms with van der Waals surface area (Å²) in [6.07, 6.45) is 2.75. The predicted molar refractivity (Wildman–Crippen MR) is 97.5 cm³/mol. The van der Waals surface area contributed by atoms with Crippen LogP contribution in [0.25, 0.3) is 10.2 Å². The summed E-state index contributed by atoms with van der Waals surface area (Å²) in [7, 11) is 0. The third kappa shape index (κ3) is 3.78. The first kappa shape index (κ1) is 16.5. The number of rotatable bonds is 4. The van der Waals surface area contributed by atoms with Crippen LogP contribution < -0.4 is 10.2 Å². The van der Waals surface area contributed by atoms with Gasteiger partial charge in [-0.3, -0.25) is 4.79 Å². The molecule has 4 nitrogen and oxygen atoms in total. The first-order chi connectivity index (χ1) is 11.1. The molecule has 1 amide bonds. The summed E-state index contributed by atoms with van der Waals surface area (Å²) in [5.74, 6) is 0.333. The average molecular weight is 352 g/mol. The van der Waals surface area contributed by atoms with Gasteiger partial charge in [0.1, 0.15) is 0 Å². The van der Waals surface area contributed by atoms with Crippen molar-refractivity contribution in [1.82, 2.24) is 10.3 Å². The van der Waals surface area contributed by atoms with Gasteiger partial charge in [-0.05, 0) is 44.4 Å². The van der Waals surface area contributed by atoms with Crippen LogP contribution in [0.1, 0.15) is 33.1 Å². The summed E-state index contributed by atoms with van der Waals surface area (Å²) in [5.41, 5.74) is 0.953. The van der Waals surface area contributed by atoms with Crippen molar-refractivity contribution < 1.29 is 4.79 Å². The van der Waals surface area contributed by atoms with Crippen LogP contribution in [0.2, 0.25) is 5.02 Å². The normalized spacial score (nSPS) is 17.4. The number of halogens is 1. The lowest BCUT2D eigenvalue weighted by atomic mass is 9.96. The second kappa shape index (κ2) is 7.05. The molecule has 1 aliphatic rings. The summed E-state index contributed by atoms with van der Waals surface area (Å²) in [5, 5.41) is 4.84. The third-order valence-electron chi connectivity index (χ3n) is 4.48. The Morgan fingerprint density at radius 2 is 2.22 bits per heavy atom. The zero-order valence-electron chi connectivity index (χ0n) is 13.5. The van der Waals surface area contributed by atoms with Gasteiger partial charge in [0.25, 0.3) is 0 Å². The molecule has 2 aromatic rings. The van der Waals surface area contributed by atoms with Crippen LogP contribution in [0.15, 0.2) is 18.2 Å². The number of carbonyl (C=O) groups is 1. The van der Waals surface area contributed by atoms with Gasteiger partial charge < -0.3 is 10.2 Å². The molecule has 1 fully saturated rings. The Balaban J connectivity index is 1.62. The van der Waals surface area contributed by atoms with E-state index in [0.717, 1.165) is 52.7 Å². The van der Waals surface area contributed by atoms with E-state index in [-0.39, 0.29) is 17.9 Å². The smallest absolute Gasteiger partial charge is 0.223 e. The number of fused-ring (bicyclic) bond motifs is 1. The predicted octanol–water partition coefficient (Wildman–Crippen LogP) is 4.08. The highest BCUT2D eigenvalue weighted by Crippen LogP contribution is 2.32. The number of carbonyl (C=O) groups excluding carboxylic acids is 1. The molecule has 1 unspecified atom stereocenters. The molecule has 0 spiro atoms. The van der Waals surface area contributed by atoms with E-state index in [1.807, 2.05) is 18.2 Å². The van der Waals surface area contributed by atoms with Crippen molar-refractivity contribution in [2.24, 2.45) is 5.92 Å². The van der Waals surface area contributed by atoms with Crippen molar-refractivity contribution in [2.75, 3.05) is 18.0 Å². The largest absolute Gasteiger partial charge is 0.353 e. The number of anilines is 1. The van der Waals surface area contributed by atoms with Gasteiger partial charge in [0.05, 0.1) is 10.2 Å². The van der Waals surface area contributed by atoms with Crippen LogP contribution in [0.5, 0.6) is 0 Å². The Hall–Kier alpha value is -1.33. The minimum atomic E-state index is 0.129. The fourth-order valence-electron chi connectivity index (χ4n) is 2.82. The number of piperidine rings is 1. The van der Waals surface area contributed by atoms with Crippen molar-refractivity contribution in [3.63, 3.8) is 0 Å². The lowest BCUT2D eigenvalue weighted by Gasteiger charge is -2.31. The van der Waals surface area contributed by atoms with E-state index in [4.69, 9.17) is 11.6 Å². The maximum atomic E-state index is 12.2. The van der Waals surface area contributed by atoms with E-state index < -0.39 is 0 Å². The number of nitrogens with one attached hydrogen (secondary N) is 1. The summed E-state index contributed by atoms with van der Waals surface area (Å²) < 4.78 is 1.15. The maximum Gasteiger partial charge on any atom is 0.223 e. The first-order valence-corrected chi connectivity index (χ1v) is 9.37. The summed E-state index contributed by atoms with van der Waals surface area (Å²) in [6.45, 7) is 5.91. The van der Waals surface area contributed by atoms with Gasteiger partial charge in [0.2, 0.25) is 5.91 Å². The van der Waals surface area contributed by atoms with Crippen molar-refractivity contribution >= 4 is 44.2 Å². The van der Waals surface area contributed by atoms with E-state index in [1.165, 1.54) is 0 Å². The van der Waals surface area contributed by atoms with Crippen molar-refractivity contribution in [3.8, 4) is 0 Å². The second-order valence-corrected chi connectivity index (χ2v) is 7.63. The Morgan fingerprint density at radius 1 is 1.48 bits per heavy atom. The van der Waals surface area contributed by atoms with Gasteiger partial charge in [-0.2, -0.15) is 0 Å². The summed E-state index contributed by atoms with van der Waals surface area (Å²) in [4.78, 5) is 19.2. The van der Waals surface area contributed by atoms with Gasteiger partial charge in [-0.15, -0.1) is 0 Å². The molecule has 0 saturated carbocycles. The van der Waals surface area contributed by atoms with Crippen LogP contribution in [0.4, 0.5) is 5.13 Å². The molecule has 1 aromatic carbocycles. The lowest BCUT2D eigenvalue weighted by molar-refractivity contribution is -0.126. The Morgan fingerprint density at radius 3 is 2.91 bits per heavy atom. The molecule has 1 N–H and O–H groups in total. The van der Waals surface area contributed by atoms with Crippen LogP contribution >= 0.6 is 22.9 Å². The molecular formula is C17H22ClN3OS. The fourth-order valence-corrected chi connectivity index (χ4v) is 3.98. The quantitative estimate of drug-likeness (QED) is 0.902. The monoisotopic (exact) mass is 351 g/mol. The minimum Gasteiger partial charge on any atom is -0.353 e. The molecule has 1 saturated heterocycles. The molecule has 6 heteroatoms. The summed E-state index contributed by atoms with van der Waals surface area (Å²) in [6, 6.07) is 6.08. The topological polar surface area (TPSA) is 45.2 Å². The van der Waals surface area contributed by atoms with Crippen LogP contribution in [-0.4, -0.2) is 30.0 Å². The van der Waals surface area contributed by atoms with Gasteiger partial charge in [0, 0.05) is 30.1 Å². The number of thiazole rings is 1. The molecule has 0 radical (unpaired) electrons. The van der Waals surface area contributed by atoms with E-state index >= 15 is 0 Å². The molecule has 1 aromatic heterocycles. The SMILES string of the molecule is CCC(C)NC(=O)C1CCN(c2nc3cc(Cl)ccc3s2)CC1. The molecular weight excluding hydrogens is 330 g/mol. The zero-order chi connectivity index (χ0) is 16.4. The van der Waals surface area contributed by atoms with E-state index in [2.05, 4.69) is 29.0 Å². The fraction of sp³-hybridized carbons (Fsp3) is 0.529. The molecule has 124 valence electrons. The number of amides is 1. The number of aromatic nitrogens is 1. The maximum absolute atomic E-state index is 12.2. The molecule has 1 aliphatic heterocycles. The van der Waals surface area contributed by atoms with Crippen LogP contribution in [0, 0.1) is 5.92 Å². The van der Waals surface area contributed by atoms with Gasteiger partial charge in [-0.25, -0.2) is 4.98 Å². The minimum absolute atomic E-state index is 0.129. The highest BCUT2D eigenvalue weighted by atomic mass is 35.5. The number of benzene rings is 1. The molecule has 3 rings (SSSR count). The zero-order valence-corrected chi connectivity index (χ0v) is 15.1. The Labute approximate surface area is 145 Å². The number of hydrogen-bond acceptors (Lipinski definition) is 4. The Kier molecular flexibility index (Phi) is 5.07. The van der Waals surface area contributed by atoms with E-state index in [0.29, 0.717) is 0 Å². The molecule has 2 heterocycles. The highest BCUT2D eigenvalue weighted by molar-refractivity contribution is 7.22. The Bertz CT molecular complexity index is 694. The lowest BCUT2D eigenvalue weighted by Crippen LogP contribution is -2.43. The van der Waals surface area contributed by atoms with Crippen molar-refractivity contribution in [1.29, 1.82) is 0 Å². The van der Waals surface area contributed by atoms with Crippen LogP contribution in [0.3, 0.4) is 0 Å². The average Bonchev–Trinajstić information content (AvgIpc) is 2.97. The molecule has 23 heavy (non-hydrogen) atoms. The number of hydrogen-bond donors (Lipinski definition) is 1. The van der Waals surface area contributed by atoms with E-state index in [1.54, 1.807) is 11.3 Å². The second-order valence-electron chi connectivity index (χ2n) is 6.19. The molecule has 0 aliphatic carbocycles. The summed E-state index contributed by atoms with van der Waals surface area (Å²) >= 11 is 7.72. The van der Waals surface area contributed by atoms with Gasteiger partial charge in [0.15, 0.2) is 5.13 Å². The van der Waals surface area contributed by atoms with Gasteiger partial charge in [-0.1, -0.05) is 29.9 Å². The van der Waals surface area contributed by atoms with Crippen LogP contribution in [-0.2, 0) is 4.79 Å². The third-order valence-corrected chi connectivity index (χ3v) is 5.81. The highest BCUT2D eigenvalue weighted by Gasteiger charge is 2.26. The molecule has 1 atom stereocenters. The number of nitrogens with zero attached hydrogens (tertiary/aromatic N) is 2. The van der Waals surface area contributed by atoms with Gasteiger partial charge >= 0.3 is 0 Å².